The molecular weight excluding hydrogens is 236 g/mol. The molecule has 0 radical (unpaired) electrons. The molecule has 2 aromatic rings. The molecular formula is C9H9ClN2O2S. The van der Waals surface area contributed by atoms with Gasteiger partial charge in [0.05, 0.1) is 5.52 Å². The Hall–Kier alpha value is -1.07. The molecule has 1 heterocycles. The normalized spacial score (nSPS) is 12.2. The molecule has 0 amide bonds. The van der Waals surface area contributed by atoms with Crippen LogP contribution in [-0.4, -0.2) is 18.6 Å². The fourth-order valence-electron chi connectivity index (χ4n) is 1.63. The maximum Gasteiger partial charge on any atom is 0.278 e. The highest BCUT2D eigenvalue weighted by Crippen LogP contribution is 2.26. The first-order valence-corrected chi connectivity index (χ1v) is 6.60. The molecule has 1 aromatic heterocycles. The van der Waals surface area contributed by atoms with Gasteiger partial charge in [0.25, 0.3) is 9.05 Å². The largest absolute Gasteiger partial charge is 0.278 e. The van der Waals surface area contributed by atoms with Crippen LogP contribution in [0.2, 0.25) is 0 Å². The van der Waals surface area contributed by atoms with Crippen molar-refractivity contribution in [2.45, 2.75) is 18.9 Å². The maximum atomic E-state index is 11.2. The number of rotatable bonds is 1. The van der Waals surface area contributed by atoms with Crippen molar-refractivity contribution in [2.24, 2.45) is 0 Å². The Morgan fingerprint density at radius 3 is 2.60 bits per heavy atom. The average Bonchev–Trinajstić information content (AvgIpc) is 2.45. The summed E-state index contributed by atoms with van der Waals surface area (Å²) in [6, 6.07) is 3.69. The van der Waals surface area contributed by atoms with E-state index in [1.54, 1.807) is 6.07 Å². The Morgan fingerprint density at radius 2 is 2.00 bits per heavy atom. The lowest BCUT2D eigenvalue weighted by molar-refractivity contribution is 0.606. The summed E-state index contributed by atoms with van der Waals surface area (Å²) in [6.07, 6.45) is 0. The van der Waals surface area contributed by atoms with E-state index in [4.69, 9.17) is 10.7 Å². The Balaban J connectivity index is 2.92. The van der Waals surface area contributed by atoms with Crippen LogP contribution in [0.3, 0.4) is 0 Å². The van der Waals surface area contributed by atoms with Gasteiger partial charge in [-0.3, -0.25) is 5.10 Å². The molecule has 0 saturated heterocycles. The van der Waals surface area contributed by atoms with Gasteiger partial charge < -0.3 is 0 Å². The third-order valence-electron chi connectivity index (χ3n) is 2.20. The summed E-state index contributed by atoms with van der Waals surface area (Å²) in [7, 11) is 1.52. The molecule has 0 fully saturated rings. The minimum atomic E-state index is -3.77. The van der Waals surface area contributed by atoms with Crippen molar-refractivity contribution in [3.63, 3.8) is 0 Å². The molecule has 0 aliphatic heterocycles. The second kappa shape index (κ2) is 3.21. The van der Waals surface area contributed by atoms with Crippen LogP contribution in [0.1, 0.15) is 11.1 Å². The van der Waals surface area contributed by atoms with Crippen molar-refractivity contribution >= 4 is 30.6 Å². The molecule has 0 spiro atoms. The topological polar surface area (TPSA) is 62.8 Å². The highest BCUT2D eigenvalue weighted by molar-refractivity contribution is 8.13. The van der Waals surface area contributed by atoms with E-state index in [1.165, 1.54) is 0 Å². The van der Waals surface area contributed by atoms with Gasteiger partial charge in [0, 0.05) is 16.1 Å². The fraction of sp³-hybridized carbons (Fsp3) is 0.222. The van der Waals surface area contributed by atoms with Crippen LogP contribution < -0.4 is 0 Å². The fourth-order valence-corrected chi connectivity index (χ4v) is 2.56. The van der Waals surface area contributed by atoms with Gasteiger partial charge in [-0.1, -0.05) is 11.6 Å². The van der Waals surface area contributed by atoms with Gasteiger partial charge in [0.2, 0.25) is 0 Å². The molecule has 0 atom stereocenters. The Morgan fingerprint density at radius 1 is 1.33 bits per heavy atom. The third kappa shape index (κ3) is 1.72. The van der Waals surface area contributed by atoms with Crippen LogP contribution in [0.5, 0.6) is 0 Å². The molecule has 4 nitrogen and oxygen atoms in total. The number of fused-ring (bicyclic) bond motifs is 1. The number of H-pyrrole nitrogens is 1. The maximum absolute atomic E-state index is 11.2. The number of hydrogen-bond donors (Lipinski definition) is 1. The van der Waals surface area contributed by atoms with Gasteiger partial charge in [0.15, 0.2) is 5.03 Å². The van der Waals surface area contributed by atoms with Crippen LogP contribution >= 0.6 is 10.7 Å². The number of aryl methyl sites for hydroxylation is 2. The minimum absolute atomic E-state index is 0.0361. The molecule has 0 aliphatic rings. The number of aromatic nitrogens is 2. The first kappa shape index (κ1) is 10.4. The van der Waals surface area contributed by atoms with Crippen molar-refractivity contribution in [1.82, 2.24) is 10.2 Å². The molecule has 1 N–H and O–H groups in total. The smallest absolute Gasteiger partial charge is 0.265 e. The van der Waals surface area contributed by atoms with Crippen LogP contribution in [0, 0.1) is 13.8 Å². The zero-order chi connectivity index (χ0) is 11.2. The highest BCUT2D eigenvalue weighted by Gasteiger charge is 2.18. The first-order valence-electron chi connectivity index (χ1n) is 4.29. The standard InChI is InChI=1S/C9H9ClN2O2S/c1-5-3-6(2)8-7(4-5)9(12-11-8)15(10,13)14/h3-4H,1-2H3,(H,11,12). The summed E-state index contributed by atoms with van der Waals surface area (Å²) >= 11 is 0. The predicted molar refractivity (Wildman–Crippen MR) is 58.6 cm³/mol. The second-order valence-electron chi connectivity index (χ2n) is 3.47. The lowest BCUT2D eigenvalue weighted by Gasteiger charge is -1.98. The number of nitrogens with zero attached hydrogens (tertiary/aromatic N) is 1. The van der Waals surface area contributed by atoms with E-state index < -0.39 is 9.05 Å². The molecule has 6 heteroatoms. The third-order valence-corrected chi connectivity index (χ3v) is 3.46. The summed E-state index contributed by atoms with van der Waals surface area (Å²) in [5.41, 5.74) is 2.54. The van der Waals surface area contributed by atoms with Crippen LogP contribution in [0.25, 0.3) is 10.9 Å². The van der Waals surface area contributed by atoms with Crippen LogP contribution in [0.15, 0.2) is 17.2 Å². The van der Waals surface area contributed by atoms with Gasteiger partial charge in [-0.05, 0) is 25.5 Å². The van der Waals surface area contributed by atoms with E-state index in [0.717, 1.165) is 11.1 Å². The second-order valence-corrected chi connectivity index (χ2v) is 5.97. The summed E-state index contributed by atoms with van der Waals surface area (Å²) in [4.78, 5) is 0. The van der Waals surface area contributed by atoms with E-state index in [1.807, 2.05) is 19.9 Å². The summed E-state index contributed by atoms with van der Waals surface area (Å²) in [5.74, 6) is 0. The molecule has 2 rings (SSSR count). The van der Waals surface area contributed by atoms with Crippen molar-refractivity contribution < 1.29 is 8.42 Å². The zero-order valence-corrected chi connectivity index (χ0v) is 9.78. The van der Waals surface area contributed by atoms with E-state index in [2.05, 4.69) is 10.2 Å². The summed E-state index contributed by atoms with van der Waals surface area (Å²) in [5, 5.41) is 6.90. The van der Waals surface area contributed by atoms with Crippen LogP contribution in [-0.2, 0) is 9.05 Å². The molecule has 0 aliphatic carbocycles. The number of nitrogens with one attached hydrogen (secondary N) is 1. The Bertz CT molecular complexity index is 631. The number of halogens is 1. The summed E-state index contributed by atoms with van der Waals surface area (Å²) in [6.45, 7) is 3.77. The minimum Gasteiger partial charge on any atom is -0.265 e. The summed E-state index contributed by atoms with van der Waals surface area (Å²) < 4.78 is 22.4. The van der Waals surface area contributed by atoms with Crippen molar-refractivity contribution in [3.8, 4) is 0 Å². The Kier molecular flexibility index (Phi) is 2.24. The van der Waals surface area contributed by atoms with Crippen molar-refractivity contribution in [3.05, 3.63) is 23.3 Å². The Labute approximate surface area is 91.7 Å². The molecule has 0 unspecified atom stereocenters. The van der Waals surface area contributed by atoms with E-state index in [-0.39, 0.29) is 5.03 Å². The lowest BCUT2D eigenvalue weighted by Crippen LogP contribution is -1.91. The molecule has 15 heavy (non-hydrogen) atoms. The molecule has 0 bridgehead atoms. The van der Waals surface area contributed by atoms with Crippen molar-refractivity contribution in [2.75, 3.05) is 0 Å². The first-order chi connectivity index (χ1) is 6.89. The molecule has 0 saturated carbocycles. The quantitative estimate of drug-likeness (QED) is 0.782. The number of aromatic amines is 1. The van der Waals surface area contributed by atoms with Gasteiger partial charge in [0.1, 0.15) is 0 Å². The highest BCUT2D eigenvalue weighted by atomic mass is 35.7. The number of hydrogen-bond acceptors (Lipinski definition) is 3. The van der Waals surface area contributed by atoms with Gasteiger partial charge in [-0.15, -0.1) is 0 Å². The van der Waals surface area contributed by atoms with E-state index in [0.29, 0.717) is 10.9 Å². The van der Waals surface area contributed by atoms with Gasteiger partial charge in [-0.25, -0.2) is 8.42 Å². The average molecular weight is 245 g/mol. The molecule has 1 aromatic carbocycles. The predicted octanol–water partition coefficient (Wildman–Crippen LogP) is 2.11. The van der Waals surface area contributed by atoms with E-state index >= 15 is 0 Å². The lowest BCUT2D eigenvalue weighted by atomic mass is 10.1. The van der Waals surface area contributed by atoms with Crippen LogP contribution in [0.4, 0.5) is 0 Å². The molecule has 80 valence electrons. The zero-order valence-electron chi connectivity index (χ0n) is 8.20. The van der Waals surface area contributed by atoms with E-state index in [9.17, 15) is 8.42 Å². The van der Waals surface area contributed by atoms with Gasteiger partial charge in [-0.2, -0.15) is 5.10 Å². The monoisotopic (exact) mass is 244 g/mol. The van der Waals surface area contributed by atoms with Gasteiger partial charge >= 0.3 is 0 Å². The van der Waals surface area contributed by atoms with Crippen molar-refractivity contribution in [1.29, 1.82) is 0 Å². The number of benzene rings is 1. The SMILES string of the molecule is Cc1cc(C)c2n[nH]c(S(=O)(=O)Cl)c2c1.